The van der Waals surface area contributed by atoms with Gasteiger partial charge >= 0.3 is 0 Å². The smallest absolute Gasteiger partial charge is 0.127 e. The second kappa shape index (κ2) is 8.00. The van der Waals surface area contributed by atoms with Crippen molar-refractivity contribution in [2.24, 2.45) is 0 Å². The second-order valence-electron chi connectivity index (χ2n) is 5.55. The zero-order chi connectivity index (χ0) is 16.8. The molecule has 0 saturated carbocycles. The Morgan fingerprint density at radius 3 is 2.42 bits per heavy atom. The zero-order valence-corrected chi connectivity index (χ0v) is 14.0. The summed E-state index contributed by atoms with van der Waals surface area (Å²) in [6.45, 7) is 0.601. The van der Waals surface area contributed by atoms with Gasteiger partial charge in [0.25, 0.3) is 0 Å². The minimum Gasteiger partial charge on any atom is -0.488 e. The van der Waals surface area contributed by atoms with Crippen LogP contribution >= 0.6 is 11.6 Å². The summed E-state index contributed by atoms with van der Waals surface area (Å²) < 4.78 is 6.03. The molecular weight excluding hydrogens is 320 g/mol. The Morgan fingerprint density at radius 2 is 1.62 bits per heavy atom. The molecule has 0 saturated heterocycles. The van der Waals surface area contributed by atoms with Crippen molar-refractivity contribution in [3.63, 3.8) is 0 Å². The van der Waals surface area contributed by atoms with Gasteiger partial charge in [-0.05, 0) is 41.3 Å². The molecule has 3 rings (SSSR count). The molecule has 2 nitrogen and oxygen atoms in total. The van der Waals surface area contributed by atoms with Gasteiger partial charge in [-0.3, -0.25) is 0 Å². The van der Waals surface area contributed by atoms with E-state index in [0.717, 1.165) is 28.0 Å². The van der Waals surface area contributed by atoms with Crippen LogP contribution in [0.3, 0.4) is 0 Å². The van der Waals surface area contributed by atoms with Gasteiger partial charge in [0.1, 0.15) is 12.4 Å². The summed E-state index contributed by atoms with van der Waals surface area (Å²) in [4.78, 5) is 0. The molecular formula is C21H19ClO2. The van der Waals surface area contributed by atoms with Crippen molar-refractivity contribution in [2.75, 3.05) is 6.61 Å². The Morgan fingerprint density at radius 1 is 0.875 bits per heavy atom. The molecule has 0 atom stereocenters. The summed E-state index contributed by atoms with van der Waals surface area (Å²) >= 11 is 6.20. The molecule has 0 spiro atoms. The molecule has 3 aromatic carbocycles. The number of halogens is 1. The second-order valence-corrected chi connectivity index (χ2v) is 5.96. The first-order valence-electron chi connectivity index (χ1n) is 7.93. The highest BCUT2D eigenvalue weighted by molar-refractivity contribution is 6.31. The van der Waals surface area contributed by atoms with Gasteiger partial charge in [0.05, 0.1) is 0 Å². The van der Waals surface area contributed by atoms with E-state index in [1.807, 2.05) is 72.8 Å². The fourth-order valence-electron chi connectivity index (χ4n) is 2.62. The van der Waals surface area contributed by atoms with Crippen LogP contribution in [-0.4, -0.2) is 11.7 Å². The molecule has 0 radical (unpaired) electrons. The maximum absolute atomic E-state index is 9.19. The van der Waals surface area contributed by atoms with Crippen LogP contribution < -0.4 is 4.74 Å². The van der Waals surface area contributed by atoms with Gasteiger partial charge in [0, 0.05) is 17.2 Å². The summed E-state index contributed by atoms with van der Waals surface area (Å²) in [7, 11) is 0. The summed E-state index contributed by atoms with van der Waals surface area (Å²) in [6, 6.07) is 23.9. The van der Waals surface area contributed by atoms with E-state index in [1.54, 1.807) is 0 Å². The maximum atomic E-state index is 9.19. The average molecular weight is 339 g/mol. The molecule has 0 aromatic heterocycles. The van der Waals surface area contributed by atoms with Crippen LogP contribution in [0.5, 0.6) is 5.75 Å². The van der Waals surface area contributed by atoms with Crippen LogP contribution in [0.2, 0.25) is 5.02 Å². The summed E-state index contributed by atoms with van der Waals surface area (Å²) in [5, 5.41) is 9.86. The molecule has 122 valence electrons. The van der Waals surface area contributed by atoms with Crippen LogP contribution in [0.15, 0.2) is 72.8 Å². The molecule has 3 aromatic rings. The zero-order valence-electron chi connectivity index (χ0n) is 13.3. The lowest BCUT2D eigenvalue weighted by Crippen LogP contribution is -1.97. The van der Waals surface area contributed by atoms with E-state index in [-0.39, 0.29) is 6.61 Å². The number of rotatable bonds is 6. The lowest BCUT2D eigenvalue weighted by molar-refractivity contribution is 0.299. The van der Waals surface area contributed by atoms with E-state index >= 15 is 0 Å². The number of aliphatic hydroxyl groups excluding tert-OH is 1. The third kappa shape index (κ3) is 3.97. The first kappa shape index (κ1) is 16.6. The van der Waals surface area contributed by atoms with Crippen LogP contribution in [0.1, 0.15) is 11.1 Å². The van der Waals surface area contributed by atoms with Crippen molar-refractivity contribution in [1.82, 2.24) is 0 Å². The van der Waals surface area contributed by atoms with Gasteiger partial charge in [-0.15, -0.1) is 0 Å². The molecule has 0 bridgehead atoms. The monoisotopic (exact) mass is 338 g/mol. The quantitative estimate of drug-likeness (QED) is 0.676. The fraction of sp³-hybridized carbons (Fsp3) is 0.143. The molecule has 0 aliphatic heterocycles. The lowest BCUT2D eigenvalue weighted by atomic mass is 10.0. The van der Waals surface area contributed by atoms with Crippen molar-refractivity contribution in [3.8, 4) is 16.9 Å². The van der Waals surface area contributed by atoms with E-state index in [4.69, 9.17) is 16.3 Å². The maximum Gasteiger partial charge on any atom is 0.127 e. The Bertz CT molecular complexity index is 800. The van der Waals surface area contributed by atoms with E-state index in [0.29, 0.717) is 18.1 Å². The van der Waals surface area contributed by atoms with Gasteiger partial charge in [0.15, 0.2) is 0 Å². The summed E-state index contributed by atoms with van der Waals surface area (Å²) in [5.41, 5.74) is 4.12. The molecule has 0 heterocycles. The highest BCUT2D eigenvalue weighted by Crippen LogP contribution is 2.32. The number of hydrogen-bond donors (Lipinski definition) is 1. The highest BCUT2D eigenvalue weighted by Gasteiger charge is 2.09. The van der Waals surface area contributed by atoms with Gasteiger partial charge in [-0.25, -0.2) is 0 Å². The SMILES string of the molecule is OCCc1cc(-c2ccccc2OCc2ccccc2)ccc1Cl. The van der Waals surface area contributed by atoms with Crippen LogP contribution in [0.4, 0.5) is 0 Å². The fourth-order valence-corrected chi connectivity index (χ4v) is 2.83. The number of para-hydroxylation sites is 1. The standard InChI is InChI=1S/C21H19ClO2/c22-20-11-10-17(14-18(20)12-13-23)19-8-4-5-9-21(19)24-15-16-6-2-1-3-7-16/h1-11,14,23H,12-13,15H2. The molecule has 0 aliphatic carbocycles. The van der Waals surface area contributed by atoms with Crippen molar-refractivity contribution in [1.29, 1.82) is 0 Å². The molecule has 24 heavy (non-hydrogen) atoms. The Kier molecular flexibility index (Phi) is 5.52. The van der Waals surface area contributed by atoms with Gasteiger partial charge < -0.3 is 9.84 Å². The Labute approximate surface area is 147 Å². The summed E-state index contributed by atoms with van der Waals surface area (Å²) in [5.74, 6) is 0.832. The predicted octanol–water partition coefficient (Wildman–Crippen LogP) is 5.12. The normalized spacial score (nSPS) is 10.6. The number of hydrogen-bond acceptors (Lipinski definition) is 2. The van der Waals surface area contributed by atoms with Gasteiger partial charge in [0.2, 0.25) is 0 Å². The number of ether oxygens (including phenoxy) is 1. The lowest BCUT2D eigenvalue weighted by Gasteiger charge is -2.13. The first-order chi connectivity index (χ1) is 11.8. The highest BCUT2D eigenvalue weighted by atomic mass is 35.5. The first-order valence-corrected chi connectivity index (χ1v) is 8.31. The average Bonchev–Trinajstić information content (AvgIpc) is 2.63. The van der Waals surface area contributed by atoms with E-state index in [2.05, 4.69) is 0 Å². The van der Waals surface area contributed by atoms with Crippen molar-refractivity contribution in [2.45, 2.75) is 13.0 Å². The number of aliphatic hydroxyl groups is 1. The van der Waals surface area contributed by atoms with Crippen molar-refractivity contribution >= 4 is 11.6 Å². The van der Waals surface area contributed by atoms with Crippen LogP contribution in [0, 0.1) is 0 Å². The third-order valence-electron chi connectivity index (χ3n) is 3.86. The number of benzene rings is 3. The van der Waals surface area contributed by atoms with E-state index in [1.165, 1.54) is 0 Å². The van der Waals surface area contributed by atoms with Crippen molar-refractivity contribution < 1.29 is 9.84 Å². The molecule has 0 amide bonds. The Balaban J connectivity index is 1.87. The Hall–Kier alpha value is -2.29. The van der Waals surface area contributed by atoms with Gasteiger partial charge in [-0.1, -0.05) is 66.2 Å². The van der Waals surface area contributed by atoms with E-state index in [9.17, 15) is 5.11 Å². The van der Waals surface area contributed by atoms with Crippen molar-refractivity contribution in [3.05, 3.63) is 88.9 Å². The summed E-state index contributed by atoms with van der Waals surface area (Å²) in [6.07, 6.45) is 0.541. The minimum absolute atomic E-state index is 0.0787. The van der Waals surface area contributed by atoms with Crippen LogP contribution in [-0.2, 0) is 13.0 Å². The largest absolute Gasteiger partial charge is 0.488 e. The molecule has 1 N–H and O–H groups in total. The van der Waals surface area contributed by atoms with Gasteiger partial charge in [-0.2, -0.15) is 0 Å². The molecule has 0 unspecified atom stereocenters. The molecule has 0 fully saturated rings. The molecule has 3 heteroatoms. The topological polar surface area (TPSA) is 29.5 Å². The van der Waals surface area contributed by atoms with E-state index < -0.39 is 0 Å². The molecule has 0 aliphatic rings. The van der Waals surface area contributed by atoms with Crippen LogP contribution in [0.25, 0.3) is 11.1 Å². The predicted molar refractivity (Wildman–Crippen MR) is 98.5 cm³/mol. The third-order valence-corrected chi connectivity index (χ3v) is 4.23. The minimum atomic E-state index is 0.0787.